The molecule has 1 aromatic heterocycles. The highest BCUT2D eigenvalue weighted by atomic mass is 35.5. The molecular formula is C21H22Cl2N2O3. The summed E-state index contributed by atoms with van der Waals surface area (Å²) in [4.78, 5) is 29.3. The summed E-state index contributed by atoms with van der Waals surface area (Å²) in [6.07, 6.45) is 4.76. The Labute approximate surface area is 174 Å². The van der Waals surface area contributed by atoms with Crippen molar-refractivity contribution in [1.29, 1.82) is 0 Å². The summed E-state index contributed by atoms with van der Waals surface area (Å²) < 4.78 is 5.20. The average molecular weight is 421 g/mol. The van der Waals surface area contributed by atoms with Crippen LogP contribution in [0.4, 0.5) is 0 Å². The van der Waals surface area contributed by atoms with Gasteiger partial charge in [-0.25, -0.2) is 0 Å². The first-order valence-corrected chi connectivity index (χ1v) is 10.4. The van der Waals surface area contributed by atoms with Crippen molar-refractivity contribution in [2.75, 3.05) is 19.6 Å². The van der Waals surface area contributed by atoms with Gasteiger partial charge in [-0.3, -0.25) is 9.59 Å². The van der Waals surface area contributed by atoms with Crippen LogP contribution in [0, 0.1) is 5.92 Å². The van der Waals surface area contributed by atoms with Gasteiger partial charge in [0.25, 0.3) is 5.91 Å². The number of likely N-dealkylation sites (tertiary alicyclic amines) is 2. The number of carbonyl (C=O) groups excluding carboxylic acids is 2. The van der Waals surface area contributed by atoms with Crippen LogP contribution in [0.2, 0.25) is 10.0 Å². The van der Waals surface area contributed by atoms with E-state index in [9.17, 15) is 9.59 Å². The zero-order valence-corrected chi connectivity index (χ0v) is 17.0. The second-order valence-electron chi connectivity index (χ2n) is 7.41. The summed E-state index contributed by atoms with van der Waals surface area (Å²) in [6.45, 7) is 1.90. The molecule has 7 heteroatoms. The molecule has 2 aliphatic heterocycles. The predicted molar refractivity (Wildman–Crippen MR) is 107 cm³/mol. The fourth-order valence-electron chi connectivity index (χ4n) is 4.22. The van der Waals surface area contributed by atoms with Gasteiger partial charge in [0.15, 0.2) is 5.76 Å². The molecule has 5 nitrogen and oxygen atoms in total. The van der Waals surface area contributed by atoms with Crippen LogP contribution in [0.25, 0.3) is 0 Å². The Morgan fingerprint density at radius 2 is 1.79 bits per heavy atom. The lowest BCUT2D eigenvalue weighted by Crippen LogP contribution is -2.44. The van der Waals surface area contributed by atoms with Gasteiger partial charge in [-0.05, 0) is 55.5 Å². The largest absolute Gasteiger partial charge is 0.459 e. The van der Waals surface area contributed by atoms with Gasteiger partial charge in [0.05, 0.1) is 22.4 Å². The van der Waals surface area contributed by atoms with E-state index in [0.29, 0.717) is 41.7 Å². The number of carbonyl (C=O) groups is 2. The molecular weight excluding hydrogens is 399 g/mol. The van der Waals surface area contributed by atoms with Crippen molar-refractivity contribution in [3.63, 3.8) is 0 Å². The molecule has 0 radical (unpaired) electrons. The molecule has 3 heterocycles. The van der Waals surface area contributed by atoms with Crippen LogP contribution in [0.15, 0.2) is 41.0 Å². The van der Waals surface area contributed by atoms with Crippen LogP contribution in [0.5, 0.6) is 0 Å². The molecule has 1 aromatic carbocycles. The number of hydrogen-bond acceptors (Lipinski definition) is 3. The molecule has 0 aliphatic carbocycles. The monoisotopic (exact) mass is 420 g/mol. The second kappa shape index (κ2) is 8.18. The topological polar surface area (TPSA) is 53.8 Å². The maximum Gasteiger partial charge on any atom is 0.289 e. The maximum atomic E-state index is 13.2. The second-order valence-corrected chi connectivity index (χ2v) is 8.22. The van der Waals surface area contributed by atoms with Crippen molar-refractivity contribution in [3.8, 4) is 0 Å². The summed E-state index contributed by atoms with van der Waals surface area (Å²) in [7, 11) is 0. The number of piperidine rings is 1. The highest BCUT2D eigenvalue weighted by Crippen LogP contribution is 2.37. The Hall–Kier alpha value is -1.98. The summed E-state index contributed by atoms with van der Waals surface area (Å²) in [5.74, 6) is 0.373. The van der Waals surface area contributed by atoms with Gasteiger partial charge in [-0.1, -0.05) is 29.3 Å². The molecule has 2 saturated heterocycles. The van der Waals surface area contributed by atoms with Gasteiger partial charge in [0.1, 0.15) is 0 Å². The van der Waals surface area contributed by atoms with E-state index in [-0.39, 0.29) is 23.8 Å². The van der Waals surface area contributed by atoms with E-state index in [2.05, 4.69) is 0 Å². The molecule has 0 bridgehead atoms. The highest BCUT2D eigenvalue weighted by molar-refractivity contribution is 6.42. The van der Waals surface area contributed by atoms with Gasteiger partial charge >= 0.3 is 0 Å². The van der Waals surface area contributed by atoms with Crippen molar-refractivity contribution in [2.45, 2.75) is 31.7 Å². The third kappa shape index (κ3) is 3.78. The number of amides is 2. The Kier molecular flexibility index (Phi) is 5.65. The van der Waals surface area contributed by atoms with E-state index in [1.807, 2.05) is 17.0 Å². The van der Waals surface area contributed by atoms with E-state index < -0.39 is 0 Å². The summed E-state index contributed by atoms with van der Waals surface area (Å²) in [5.41, 5.74) is 1.03. The number of rotatable bonds is 3. The quantitative estimate of drug-likeness (QED) is 0.715. The van der Waals surface area contributed by atoms with Crippen LogP contribution < -0.4 is 0 Å². The van der Waals surface area contributed by atoms with Crippen molar-refractivity contribution in [1.82, 2.24) is 9.80 Å². The van der Waals surface area contributed by atoms with Crippen LogP contribution >= 0.6 is 23.2 Å². The Morgan fingerprint density at radius 1 is 1.00 bits per heavy atom. The van der Waals surface area contributed by atoms with E-state index in [1.54, 1.807) is 23.1 Å². The minimum absolute atomic E-state index is 0.0463. The van der Waals surface area contributed by atoms with Gasteiger partial charge in [0, 0.05) is 25.6 Å². The third-order valence-corrected chi connectivity index (χ3v) is 6.47. The Morgan fingerprint density at radius 3 is 2.46 bits per heavy atom. The third-order valence-electron chi connectivity index (χ3n) is 5.73. The lowest BCUT2D eigenvalue weighted by Gasteiger charge is -2.34. The van der Waals surface area contributed by atoms with E-state index in [4.69, 9.17) is 27.6 Å². The summed E-state index contributed by atoms with van der Waals surface area (Å²) in [5, 5.41) is 1.04. The number of hydrogen-bond donors (Lipinski definition) is 0. The molecule has 4 rings (SSSR count). The number of furan rings is 1. The first-order valence-electron chi connectivity index (χ1n) is 9.63. The smallest absolute Gasteiger partial charge is 0.289 e. The summed E-state index contributed by atoms with van der Waals surface area (Å²) in [6, 6.07) is 9.04. The molecule has 2 fully saturated rings. The van der Waals surface area contributed by atoms with Crippen LogP contribution in [0.3, 0.4) is 0 Å². The predicted octanol–water partition coefficient (Wildman–Crippen LogP) is 4.80. The van der Waals surface area contributed by atoms with Gasteiger partial charge in [-0.15, -0.1) is 0 Å². The number of benzene rings is 1. The van der Waals surface area contributed by atoms with E-state index in [0.717, 1.165) is 24.9 Å². The molecule has 148 valence electrons. The first-order chi connectivity index (χ1) is 13.5. The molecule has 0 saturated carbocycles. The molecule has 2 aromatic rings. The summed E-state index contributed by atoms with van der Waals surface area (Å²) >= 11 is 12.2. The lowest BCUT2D eigenvalue weighted by atomic mass is 9.94. The maximum absolute atomic E-state index is 13.2. The fourth-order valence-corrected chi connectivity index (χ4v) is 4.52. The Balaban J connectivity index is 1.40. The molecule has 0 N–H and O–H groups in total. The molecule has 2 aliphatic rings. The van der Waals surface area contributed by atoms with Crippen LogP contribution in [-0.2, 0) is 4.79 Å². The Bertz CT molecular complexity index is 861. The average Bonchev–Trinajstić information content (AvgIpc) is 3.41. The van der Waals surface area contributed by atoms with E-state index in [1.165, 1.54) is 6.26 Å². The minimum atomic E-state index is -0.106. The van der Waals surface area contributed by atoms with Crippen LogP contribution in [-0.4, -0.2) is 41.2 Å². The van der Waals surface area contributed by atoms with Crippen molar-refractivity contribution in [2.24, 2.45) is 5.92 Å². The number of halogens is 2. The molecule has 1 atom stereocenters. The molecule has 0 spiro atoms. The zero-order chi connectivity index (χ0) is 19.7. The van der Waals surface area contributed by atoms with Crippen molar-refractivity contribution >= 4 is 35.0 Å². The van der Waals surface area contributed by atoms with Gasteiger partial charge < -0.3 is 14.2 Å². The van der Waals surface area contributed by atoms with Crippen molar-refractivity contribution in [3.05, 3.63) is 58.0 Å². The SMILES string of the molecule is O=C(c1ccco1)N1CCC(C(=O)N2CCCC2c2ccc(Cl)c(Cl)c2)CC1. The zero-order valence-electron chi connectivity index (χ0n) is 15.4. The molecule has 2 amide bonds. The normalized spacial score (nSPS) is 20.6. The lowest BCUT2D eigenvalue weighted by molar-refractivity contribution is -0.137. The fraction of sp³-hybridized carbons (Fsp3) is 0.429. The van der Waals surface area contributed by atoms with Gasteiger partial charge in [-0.2, -0.15) is 0 Å². The molecule has 1 unspecified atom stereocenters. The standard InChI is InChI=1S/C21H22Cl2N2O3/c22-16-6-5-15(13-17(16)23)18-3-1-9-25(18)20(26)14-7-10-24(11-8-14)21(27)19-4-2-12-28-19/h2,4-6,12-14,18H,1,3,7-11H2. The van der Waals surface area contributed by atoms with Crippen LogP contribution in [0.1, 0.15) is 47.8 Å². The minimum Gasteiger partial charge on any atom is -0.459 e. The first kappa shape index (κ1) is 19.3. The van der Waals surface area contributed by atoms with Gasteiger partial charge in [0.2, 0.25) is 5.91 Å². The molecule has 28 heavy (non-hydrogen) atoms. The van der Waals surface area contributed by atoms with E-state index >= 15 is 0 Å². The number of nitrogens with zero attached hydrogens (tertiary/aromatic N) is 2. The van der Waals surface area contributed by atoms with Crippen molar-refractivity contribution < 1.29 is 14.0 Å². The highest BCUT2D eigenvalue weighted by Gasteiger charge is 2.36.